The van der Waals surface area contributed by atoms with Gasteiger partial charge in [-0.15, -0.1) is 0 Å². The Labute approximate surface area is 123 Å². The van der Waals surface area contributed by atoms with Crippen LogP contribution in [-0.2, 0) is 16.1 Å². The molecule has 0 radical (unpaired) electrons. The zero-order valence-electron chi connectivity index (χ0n) is 11.8. The van der Waals surface area contributed by atoms with Crippen LogP contribution in [0.3, 0.4) is 0 Å². The van der Waals surface area contributed by atoms with Gasteiger partial charge in [-0.25, -0.2) is 0 Å². The molecule has 2 N–H and O–H groups in total. The summed E-state index contributed by atoms with van der Waals surface area (Å²) in [6.45, 7) is 3.43. The average Bonchev–Trinajstić information content (AvgIpc) is 2.37. The van der Waals surface area contributed by atoms with E-state index in [1.54, 1.807) is 27.0 Å². The Hall–Kier alpha value is -1.59. The number of carbonyl (C=O) groups is 2. The van der Waals surface area contributed by atoms with Crippen LogP contribution < -0.4 is 5.32 Å². The van der Waals surface area contributed by atoms with Crippen LogP contribution in [-0.4, -0.2) is 41.0 Å². The molecule has 0 spiro atoms. The van der Waals surface area contributed by atoms with Gasteiger partial charge >= 0.3 is 5.97 Å². The molecule has 20 heavy (non-hydrogen) atoms. The fraction of sp³-hybridized carbons (Fsp3) is 0.429. The first kappa shape index (κ1) is 16.5. The van der Waals surface area contributed by atoms with E-state index in [0.29, 0.717) is 11.6 Å². The number of hydrogen-bond acceptors (Lipinski definition) is 3. The van der Waals surface area contributed by atoms with Crippen molar-refractivity contribution in [3.05, 3.63) is 34.9 Å². The minimum Gasteiger partial charge on any atom is -0.480 e. The van der Waals surface area contributed by atoms with E-state index in [1.165, 1.54) is 4.90 Å². The fourth-order valence-corrected chi connectivity index (χ4v) is 1.67. The highest BCUT2D eigenvalue weighted by molar-refractivity contribution is 6.31. The number of aliphatic carboxylic acids is 1. The van der Waals surface area contributed by atoms with E-state index >= 15 is 0 Å². The summed E-state index contributed by atoms with van der Waals surface area (Å²) < 4.78 is 0. The Morgan fingerprint density at radius 1 is 1.35 bits per heavy atom. The molecule has 0 unspecified atom stereocenters. The minimum atomic E-state index is -1.10. The van der Waals surface area contributed by atoms with Crippen LogP contribution in [0, 0.1) is 0 Å². The average molecular weight is 299 g/mol. The number of amides is 1. The molecule has 0 fully saturated rings. The molecule has 0 saturated heterocycles. The van der Waals surface area contributed by atoms with Crippen molar-refractivity contribution in [2.45, 2.75) is 25.9 Å². The number of carboxylic acid groups (broad SMARTS) is 1. The largest absolute Gasteiger partial charge is 0.480 e. The molecule has 0 aromatic heterocycles. The van der Waals surface area contributed by atoms with Gasteiger partial charge in [0.2, 0.25) is 5.91 Å². The summed E-state index contributed by atoms with van der Waals surface area (Å²) >= 11 is 5.99. The van der Waals surface area contributed by atoms with Crippen LogP contribution in [0.4, 0.5) is 0 Å². The number of likely N-dealkylation sites (N-methyl/N-ethyl adjacent to an activating group) is 1. The van der Waals surface area contributed by atoms with Crippen LogP contribution in [0.15, 0.2) is 24.3 Å². The van der Waals surface area contributed by atoms with E-state index in [9.17, 15) is 9.59 Å². The third-order valence-electron chi connectivity index (χ3n) is 3.29. The Kier molecular flexibility index (Phi) is 5.53. The number of carbonyl (C=O) groups excluding carboxylic acids is 1. The Bertz CT molecular complexity index is 503. The summed E-state index contributed by atoms with van der Waals surface area (Å²) in [4.78, 5) is 24.4. The molecule has 0 saturated carbocycles. The van der Waals surface area contributed by atoms with Crippen molar-refractivity contribution in [2.24, 2.45) is 0 Å². The Morgan fingerprint density at radius 3 is 2.50 bits per heavy atom. The number of halogens is 1. The maximum Gasteiger partial charge on any atom is 0.323 e. The monoisotopic (exact) mass is 298 g/mol. The predicted molar refractivity (Wildman–Crippen MR) is 77.6 cm³/mol. The number of rotatable bonds is 6. The minimum absolute atomic E-state index is 0.00372. The molecule has 0 heterocycles. The summed E-state index contributed by atoms with van der Waals surface area (Å²) in [5, 5.41) is 12.4. The summed E-state index contributed by atoms with van der Waals surface area (Å²) in [5.41, 5.74) is -0.274. The van der Waals surface area contributed by atoms with Gasteiger partial charge in [0.05, 0.1) is 6.54 Å². The summed E-state index contributed by atoms with van der Waals surface area (Å²) in [6.07, 6.45) is 0. The highest BCUT2D eigenvalue weighted by Gasteiger charge is 2.32. The fourth-order valence-electron chi connectivity index (χ4n) is 1.47. The SMILES string of the molecule is CN(CC(=O)NCc1ccccc1Cl)C(C)(C)C(=O)O. The lowest BCUT2D eigenvalue weighted by Crippen LogP contribution is -2.51. The first-order valence-corrected chi connectivity index (χ1v) is 6.57. The lowest BCUT2D eigenvalue weighted by Gasteiger charge is -2.30. The van der Waals surface area contributed by atoms with Gasteiger partial charge in [0, 0.05) is 11.6 Å². The van der Waals surface area contributed by atoms with Crippen molar-refractivity contribution in [3.63, 3.8) is 0 Å². The van der Waals surface area contributed by atoms with E-state index in [0.717, 1.165) is 5.56 Å². The topological polar surface area (TPSA) is 69.6 Å². The van der Waals surface area contributed by atoms with Gasteiger partial charge < -0.3 is 10.4 Å². The highest BCUT2D eigenvalue weighted by Crippen LogP contribution is 2.14. The van der Waals surface area contributed by atoms with Crippen molar-refractivity contribution in [3.8, 4) is 0 Å². The van der Waals surface area contributed by atoms with Crippen molar-refractivity contribution in [1.29, 1.82) is 0 Å². The molecule has 1 aromatic rings. The van der Waals surface area contributed by atoms with Gasteiger partial charge in [-0.1, -0.05) is 29.8 Å². The number of nitrogens with zero attached hydrogens (tertiary/aromatic N) is 1. The van der Waals surface area contributed by atoms with E-state index in [2.05, 4.69) is 5.32 Å². The maximum absolute atomic E-state index is 11.8. The van der Waals surface area contributed by atoms with E-state index in [-0.39, 0.29) is 12.5 Å². The first-order valence-electron chi connectivity index (χ1n) is 6.20. The molecule has 1 aromatic carbocycles. The standard InChI is InChI=1S/C14H19ClN2O3/c1-14(2,13(19)20)17(3)9-12(18)16-8-10-6-4-5-7-11(10)15/h4-7H,8-9H2,1-3H3,(H,16,18)(H,19,20). The molecule has 0 aliphatic rings. The first-order chi connectivity index (χ1) is 9.25. The molecule has 6 heteroatoms. The van der Waals surface area contributed by atoms with Crippen LogP contribution >= 0.6 is 11.6 Å². The van der Waals surface area contributed by atoms with Crippen molar-refractivity contribution in [2.75, 3.05) is 13.6 Å². The Morgan fingerprint density at radius 2 is 1.95 bits per heavy atom. The van der Waals surface area contributed by atoms with Crippen molar-refractivity contribution in [1.82, 2.24) is 10.2 Å². The lowest BCUT2D eigenvalue weighted by molar-refractivity contribution is -0.149. The third-order valence-corrected chi connectivity index (χ3v) is 3.66. The third kappa shape index (κ3) is 4.21. The van der Waals surface area contributed by atoms with Gasteiger partial charge in [-0.05, 0) is 32.5 Å². The van der Waals surface area contributed by atoms with Crippen LogP contribution in [0.2, 0.25) is 5.02 Å². The second-order valence-corrected chi connectivity index (χ2v) is 5.50. The predicted octanol–water partition coefficient (Wildman–Crippen LogP) is 1.75. The smallest absolute Gasteiger partial charge is 0.323 e. The summed E-state index contributed by atoms with van der Waals surface area (Å²) in [5.74, 6) is -1.22. The van der Waals surface area contributed by atoms with Crippen molar-refractivity contribution >= 4 is 23.5 Å². The Balaban J connectivity index is 2.53. The molecular formula is C14H19ClN2O3. The quantitative estimate of drug-likeness (QED) is 0.839. The van der Waals surface area contributed by atoms with E-state index < -0.39 is 11.5 Å². The maximum atomic E-state index is 11.8. The second-order valence-electron chi connectivity index (χ2n) is 5.09. The zero-order valence-corrected chi connectivity index (χ0v) is 12.6. The molecular weight excluding hydrogens is 280 g/mol. The molecule has 0 atom stereocenters. The van der Waals surface area contributed by atoms with Crippen LogP contribution in [0.25, 0.3) is 0 Å². The number of benzene rings is 1. The molecule has 5 nitrogen and oxygen atoms in total. The normalized spacial score (nSPS) is 11.4. The number of carboxylic acids is 1. The second kappa shape index (κ2) is 6.72. The number of hydrogen-bond donors (Lipinski definition) is 2. The molecule has 1 amide bonds. The lowest BCUT2D eigenvalue weighted by atomic mass is 10.0. The summed E-state index contributed by atoms with van der Waals surface area (Å²) in [6, 6.07) is 7.24. The molecule has 110 valence electrons. The van der Waals surface area contributed by atoms with E-state index in [4.69, 9.17) is 16.7 Å². The van der Waals surface area contributed by atoms with Gasteiger partial charge in [-0.3, -0.25) is 14.5 Å². The van der Waals surface area contributed by atoms with Gasteiger partial charge in [-0.2, -0.15) is 0 Å². The van der Waals surface area contributed by atoms with Crippen LogP contribution in [0.1, 0.15) is 19.4 Å². The molecule has 1 rings (SSSR count). The van der Waals surface area contributed by atoms with Crippen molar-refractivity contribution < 1.29 is 14.7 Å². The van der Waals surface area contributed by atoms with E-state index in [1.807, 2.05) is 18.2 Å². The zero-order chi connectivity index (χ0) is 15.3. The number of nitrogens with one attached hydrogen (secondary N) is 1. The van der Waals surface area contributed by atoms with Gasteiger partial charge in [0.25, 0.3) is 0 Å². The van der Waals surface area contributed by atoms with Crippen LogP contribution in [0.5, 0.6) is 0 Å². The summed E-state index contributed by atoms with van der Waals surface area (Å²) in [7, 11) is 1.60. The molecule has 0 aliphatic heterocycles. The van der Waals surface area contributed by atoms with Gasteiger partial charge in [0.1, 0.15) is 5.54 Å². The van der Waals surface area contributed by atoms with Gasteiger partial charge in [0.15, 0.2) is 0 Å². The highest BCUT2D eigenvalue weighted by atomic mass is 35.5. The molecule has 0 bridgehead atoms. The molecule has 0 aliphatic carbocycles.